The van der Waals surface area contributed by atoms with Crippen molar-refractivity contribution in [2.75, 3.05) is 25.0 Å². The molecule has 1 aromatic heterocycles. The molecule has 0 spiro atoms. The molecule has 116 valence electrons. The van der Waals surface area contributed by atoms with Crippen molar-refractivity contribution >= 4 is 17.9 Å². The zero-order valence-corrected chi connectivity index (χ0v) is 12.4. The number of anilines is 1. The predicted molar refractivity (Wildman–Crippen MR) is 73.6 cm³/mol. The van der Waals surface area contributed by atoms with Crippen molar-refractivity contribution in [3.8, 4) is 0 Å². The summed E-state index contributed by atoms with van der Waals surface area (Å²) in [5.74, 6) is -0.700. The van der Waals surface area contributed by atoms with Gasteiger partial charge in [0.1, 0.15) is 0 Å². The summed E-state index contributed by atoms with van der Waals surface area (Å²) < 4.78 is 5.07. The molecule has 0 aliphatic carbocycles. The van der Waals surface area contributed by atoms with Gasteiger partial charge >= 0.3 is 12.0 Å². The van der Waals surface area contributed by atoms with E-state index in [1.54, 1.807) is 6.92 Å². The molecule has 8 nitrogen and oxygen atoms in total. The van der Waals surface area contributed by atoms with Gasteiger partial charge in [0.25, 0.3) is 0 Å². The first-order valence-electron chi connectivity index (χ1n) is 6.89. The molecular weight excluding hydrogens is 276 g/mol. The smallest absolute Gasteiger partial charge is 0.322 e. The largest absolute Gasteiger partial charge is 0.481 e. The Morgan fingerprint density at radius 2 is 2.19 bits per heavy atom. The molecule has 2 rings (SSSR count). The number of amides is 1. The molecule has 8 heteroatoms. The average Bonchev–Trinajstić information content (AvgIpc) is 2.97. The molecule has 1 aromatic rings. The second-order valence-electron chi connectivity index (χ2n) is 5.75. The summed E-state index contributed by atoms with van der Waals surface area (Å²) in [5.41, 5.74) is -0.776. The number of likely N-dealkylation sites (tertiary alicyclic amines) is 1. The number of aromatic nitrogens is 2. The molecule has 1 fully saturated rings. The Labute approximate surface area is 122 Å². The molecule has 2 heterocycles. The maximum Gasteiger partial charge on any atom is 0.322 e. The molecule has 0 aromatic carbocycles. The van der Waals surface area contributed by atoms with Gasteiger partial charge in [0.05, 0.1) is 12.0 Å². The van der Waals surface area contributed by atoms with E-state index in [2.05, 4.69) is 15.5 Å². The zero-order chi connectivity index (χ0) is 15.6. The fraction of sp³-hybridized carbons (Fsp3) is 0.692. The summed E-state index contributed by atoms with van der Waals surface area (Å²) >= 11 is 0. The highest BCUT2D eigenvalue weighted by atomic mass is 16.4. The molecule has 1 atom stereocenters. The highest BCUT2D eigenvalue weighted by Crippen LogP contribution is 2.37. The second-order valence-corrected chi connectivity index (χ2v) is 5.75. The van der Waals surface area contributed by atoms with Crippen LogP contribution in [-0.2, 0) is 9.59 Å². The lowest BCUT2D eigenvalue weighted by atomic mass is 9.76. The summed E-state index contributed by atoms with van der Waals surface area (Å²) in [4.78, 5) is 25.3. The molecule has 1 amide bonds. The van der Waals surface area contributed by atoms with Crippen LogP contribution in [0.3, 0.4) is 0 Å². The molecule has 21 heavy (non-hydrogen) atoms. The van der Waals surface area contributed by atoms with E-state index in [1.807, 2.05) is 18.7 Å². The van der Waals surface area contributed by atoms with Gasteiger partial charge in [0, 0.05) is 13.5 Å². The zero-order valence-electron chi connectivity index (χ0n) is 12.4. The summed E-state index contributed by atoms with van der Waals surface area (Å²) in [7, 11) is 0. The average molecular weight is 296 g/mol. The van der Waals surface area contributed by atoms with E-state index < -0.39 is 11.4 Å². The van der Waals surface area contributed by atoms with E-state index >= 15 is 0 Å². The van der Waals surface area contributed by atoms with Crippen LogP contribution in [0.2, 0.25) is 0 Å². The van der Waals surface area contributed by atoms with Crippen LogP contribution in [0.4, 0.5) is 6.01 Å². The molecule has 1 aliphatic rings. The van der Waals surface area contributed by atoms with Crippen LogP contribution < -0.4 is 5.32 Å². The first-order chi connectivity index (χ1) is 9.83. The standard InChI is InChI=1S/C13H20N4O4/c1-8(2)13(11(19)20)4-5-17(7-13)6-10(18)14-12-16-15-9(3)21-12/h8H,4-7H2,1-3H3,(H,19,20)(H,14,16,18). The molecule has 2 N–H and O–H groups in total. The van der Waals surface area contributed by atoms with Crippen LogP contribution in [0.1, 0.15) is 26.2 Å². The van der Waals surface area contributed by atoms with E-state index in [-0.39, 0.29) is 24.4 Å². The number of hydrogen-bond acceptors (Lipinski definition) is 6. The number of aryl methyl sites for hydroxylation is 1. The minimum absolute atomic E-state index is 0.0154. The topological polar surface area (TPSA) is 109 Å². The van der Waals surface area contributed by atoms with Crippen molar-refractivity contribution in [3.63, 3.8) is 0 Å². The predicted octanol–water partition coefficient (Wildman–Crippen LogP) is 0.749. The van der Waals surface area contributed by atoms with Crippen LogP contribution in [-0.4, -0.2) is 51.7 Å². The minimum Gasteiger partial charge on any atom is -0.481 e. The van der Waals surface area contributed by atoms with Gasteiger partial charge in [0.2, 0.25) is 11.8 Å². The normalized spacial score (nSPS) is 22.7. The Bertz CT molecular complexity index is 542. The first kappa shape index (κ1) is 15.4. The number of carbonyl (C=O) groups excluding carboxylic acids is 1. The van der Waals surface area contributed by atoms with Gasteiger partial charge in [-0.15, -0.1) is 5.10 Å². The van der Waals surface area contributed by atoms with E-state index in [4.69, 9.17) is 4.42 Å². The molecule has 0 bridgehead atoms. The number of aliphatic carboxylic acids is 1. The molecule has 0 radical (unpaired) electrons. The van der Waals surface area contributed by atoms with E-state index in [1.165, 1.54) is 0 Å². The van der Waals surface area contributed by atoms with Crippen LogP contribution in [0, 0.1) is 18.3 Å². The van der Waals surface area contributed by atoms with Crippen molar-refractivity contribution in [2.24, 2.45) is 11.3 Å². The van der Waals surface area contributed by atoms with E-state index in [0.29, 0.717) is 25.4 Å². The quantitative estimate of drug-likeness (QED) is 0.825. The monoisotopic (exact) mass is 296 g/mol. The Hall–Kier alpha value is -1.96. The van der Waals surface area contributed by atoms with Crippen LogP contribution in [0.15, 0.2) is 4.42 Å². The Morgan fingerprint density at radius 3 is 2.67 bits per heavy atom. The molecule has 1 saturated heterocycles. The molecule has 0 saturated carbocycles. The maximum atomic E-state index is 11.9. The fourth-order valence-corrected chi connectivity index (χ4v) is 2.65. The first-order valence-corrected chi connectivity index (χ1v) is 6.89. The van der Waals surface area contributed by atoms with Crippen molar-refractivity contribution in [1.82, 2.24) is 15.1 Å². The van der Waals surface area contributed by atoms with Gasteiger partial charge in [-0.2, -0.15) is 0 Å². The van der Waals surface area contributed by atoms with Crippen LogP contribution in [0.5, 0.6) is 0 Å². The van der Waals surface area contributed by atoms with Gasteiger partial charge in [0.15, 0.2) is 0 Å². The highest BCUT2D eigenvalue weighted by molar-refractivity contribution is 5.90. The number of hydrogen-bond donors (Lipinski definition) is 2. The molecule has 1 unspecified atom stereocenters. The van der Waals surface area contributed by atoms with Gasteiger partial charge in [-0.25, -0.2) is 0 Å². The maximum absolute atomic E-state index is 11.9. The summed E-state index contributed by atoms with van der Waals surface area (Å²) in [5, 5.41) is 19.3. The molecule has 1 aliphatic heterocycles. The lowest BCUT2D eigenvalue weighted by molar-refractivity contribution is -0.151. The van der Waals surface area contributed by atoms with Crippen molar-refractivity contribution < 1.29 is 19.1 Å². The number of carboxylic acid groups (broad SMARTS) is 1. The van der Waals surface area contributed by atoms with E-state index in [0.717, 1.165) is 0 Å². The van der Waals surface area contributed by atoms with Crippen molar-refractivity contribution in [3.05, 3.63) is 5.89 Å². The number of nitrogens with zero attached hydrogens (tertiary/aromatic N) is 3. The number of carbonyl (C=O) groups is 2. The van der Waals surface area contributed by atoms with Gasteiger partial charge in [-0.1, -0.05) is 18.9 Å². The minimum atomic E-state index is -0.798. The summed E-state index contributed by atoms with van der Waals surface area (Å²) in [6, 6.07) is 0.0602. The third kappa shape index (κ3) is 3.21. The fourth-order valence-electron chi connectivity index (χ4n) is 2.65. The lowest BCUT2D eigenvalue weighted by Gasteiger charge is -2.28. The summed E-state index contributed by atoms with van der Waals surface area (Å²) in [6.45, 7) is 6.50. The Balaban J connectivity index is 1.93. The van der Waals surface area contributed by atoms with E-state index in [9.17, 15) is 14.7 Å². The Kier molecular flexibility index (Phi) is 4.26. The number of rotatable bonds is 5. The van der Waals surface area contributed by atoms with Crippen LogP contribution >= 0.6 is 0 Å². The van der Waals surface area contributed by atoms with Gasteiger partial charge < -0.3 is 9.52 Å². The summed E-state index contributed by atoms with van der Waals surface area (Å²) in [6.07, 6.45) is 0.549. The third-order valence-corrected chi connectivity index (χ3v) is 4.05. The Morgan fingerprint density at radius 1 is 1.48 bits per heavy atom. The lowest BCUT2D eigenvalue weighted by Crippen LogP contribution is -2.40. The number of carboxylic acids is 1. The van der Waals surface area contributed by atoms with Crippen molar-refractivity contribution in [1.29, 1.82) is 0 Å². The molecular formula is C13H20N4O4. The number of nitrogens with one attached hydrogen (secondary N) is 1. The van der Waals surface area contributed by atoms with Crippen molar-refractivity contribution in [2.45, 2.75) is 27.2 Å². The highest BCUT2D eigenvalue weighted by Gasteiger charge is 2.47. The van der Waals surface area contributed by atoms with Crippen LogP contribution in [0.25, 0.3) is 0 Å². The SMILES string of the molecule is Cc1nnc(NC(=O)CN2CCC(C(=O)O)(C(C)C)C2)o1. The van der Waals surface area contributed by atoms with Gasteiger partial charge in [-0.3, -0.25) is 19.8 Å². The third-order valence-electron chi connectivity index (χ3n) is 4.05. The van der Waals surface area contributed by atoms with Gasteiger partial charge in [-0.05, 0) is 18.9 Å². The second kappa shape index (κ2) is 5.80.